The molecule has 0 spiro atoms. The van der Waals surface area contributed by atoms with Crippen molar-refractivity contribution in [2.75, 3.05) is 13.1 Å². The lowest BCUT2D eigenvalue weighted by atomic mass is 10.0. The molecule has 1 fully saturated rings. The summed E-state index contributed by atoms with van der Waals surface area (Å²) in [5.74, 6) is 2.15. The fourth-order valence-corrected chi connectivity index (χ4v) is 2.57. The van der Waals surface area contributed by atoms with Crippen LogP contribution < -0.4 is 5.32 Å². The summed E-state index contributed by atoms with van der Waals surface area (Å²) in [6, 6.07) is 5.51. The van der Waals surface area contributed by atoms with Gasteiger partial charge in [0.2, 0.25) is 0 Å². The van der Waals surface area contributed by atoms with E-state index in [2.05, 4.69) is 43.1 Å². The highest BCUT2D eigenvalue weighted by Crippen LogP contribution is 2.14. The van der Waals surface area contributed by atoms with Crippen LogP contribution in [0.25, 0.3) is 0 Å². The molecule has 0 saturated carbocycles. The molecule has 1 saturated heterocycles. The quantitative estimate of drug-likeness (QED) is 0.871. The van der Waals surface area contributed by atoms with E-state index in [-0.39, 0.29) is 0 Å². The van der Waals surface area contributed by atoms with Gasteiger partial charge in [-0.15, -0.1) is 0 Å². The second kappa shape index (κ2) is 6.39. The maximum Gasteiger partial charge on any atom is 0.117 e. The molecular formula is C15H26N2O. The molecule has 18 heavy (non-hydrogen) atoms. The largest absolute Gasteiger partial charge is 0.465 e. The first-order valence-electron chi connectivity index (χ1n) is 7.24. The Morgan fingerprint density at radius 1 is 1.28 bits per heavy atom. The zero-order chi connectivity index (χ0) is 13.0. The van der Waals surface area contributed by atoms with Gasteiger partial charge in [0.15, 0.2) is 0 Å². The van der Waals surface area contributed by atoms with E-state index in [9.17, 15) is 0 Å². The van der Waals surface area contributed by atoms with Crippen LogP contribution in [0.3, 0.4) is 0 Å². The van der Waals surface area contributed by atoms with Crippen molar-refractivity contribution in [1.82, 2.24) is 10.2 Å². The van der Waals surface area contributed by atoms with Crippen molar-refractivity contribution in [2.45, 2.75) is 58.7 Å². The fraction of sp³-hybridized carbons (Fsp3) is 0.733. The number of piperidine rings is 1. The molecule has 0 bridgehead atoms. The number of rotatable bonds is 5. The predicted octanol–water partition coefficient (Wildman–Crippen LogP) is 2.80. The van der Waals surface area contributed by atoms with Crippen LogP contribution in [0.2, 0.25) is 0 Å². The Labute approximate surface area is 111 Å². The smallest absolute Gasteiger partial charge is 0.117 e. The minimum atomic E-state index is 0.648. The molecule has 0 amide bonds. The molecule has 0 radical (unpaired) electrons. The third kappa shape index (κ3) is 3.59. The van der Waals surface area contributed by atoms with Gasteiger partial charge in [-0.1, -0.05) is 6.92 Å². The van der Waals surface area contributed by atoms with Crippen LogP contribution in [0.1, 0.15) is 45.1 Å². The number of likely N-dealkylation sites (tertiary alicyclic amines) is 1. The second-order valence-corrected chi connectivity index (χ2v) is 5.51. The van der Waals surface area contributed by atoms with Crippen molar-refractivity contribution in [3.8, 4) is 0 Å². The average Bonchev–Trinajstić information content (AvgIpc) is 2.85. The standard InChI is InChI=1S/C15H26N2O/c1-4-14-5-6-15(18-14)11-16-13-7-9-17(10-8-13)12(2)3/h5-6,12-13,16H,4,7-11H2,1-3H3. The first-order valence-corrected chi connectivity index (χ1v) is 7.24. The summed E-state index contributed by atoms with van der Waals surface area (Å²) in [5, 5.41) is 3.61. The van der Waals surface area contributed by atoms with Crippen LogP contribution in [-0.4, -0.2) is 30.1 Å². The molecule has 1 aromatic rings. The maximum atomic E-state index is 5.71. The van der Waals surface area contributed by atoms with Gasteiger partial charge >= 0.3 is 0 Å². The number of aryl methyl sites for hydroxylation is 1. The van der Waals surface area contributed by atoms with Crippen molar-refractivity contribution in [3.05, 3.63) is 23.7 Å². The molecule has 102 valence electrons. The van der Waals surface area contributed by atoms with Gasteiger partial charge in [0.25, 0.3) is 0 Å². The van der Waals surface area contributed by atoms with E-state index in [1.807, 2.05) is 0 Å². The number of hydrogen-bond acceptors (Lipinski definition) is 3. The van der Waals surface area contributed by atoms with Crippen molar-refractivity contribution in [2.24, 2.45) is 0 Å². The lowest BCUT2D eigenvalue weighted by Gasteiger charge is -2.34. The maximum absolute atomic E-state index is 5.71. The van der Waals surface area contributed by atoms with E-state index in [1.165, 1.54) is 25.9 Å². The van der Waals surface area contributed by atoms with Crippen LogP contribution >= 0.6 is 0 Å². The number of nitrogens with one attached hydrogen (secondary N) is 1. The zero-order valence-electron chi connectivity index (χ0n) is 11.9. The monoisotopic (exact) mass is 250 g/mol. The van der Waals surface area contributed by atoms with Crippen LogP contribution in [0.15, 0.2) is 16.5 Å². The van der Waals surface area contributed by atoms with Crippen LogP contribution in [0.4, 0.5) is 0 Å². The van der Waals surface area contributed by atoms with Crippen LogP contribution in [0.5, 0.6) is 0 Å². The highest BCUT2D eigenvalue weighted by molar-refractivity contribution is 5.06. The van der Waals surface area contributed by atoms with E-state index in [0.717, 1.165) is 24.5 Å². The predicted molar refractivity (Wildman–Crippen MR) is 74.7 cm³/mol. The van der Waals surface area contributed by atoms with Gasteiger partial charge in [-0.25, -0.2) is 0 Å². The van der Waals surface area contributed by atoms with E-state index >= 15 is 0 Å². The summed E-state index contributed by atoms with van der Waals surface area (Å²) >= 11 is 0. The summed E-state index contributed by atoms with van der Waals surface area (Å²) in [6.45, 7) is 9.98. The van der Waals surface area contributed by atoms with Gasteiger partial charge in [0, 0.05) is 18.5 Å². The molecule has 3 heteroatoms. The first-order chi connectivity index (χ1) is 8.69. The van der Waals surface area contributed by atoms with Crippen LogP contribution in [0, 0.1) is 0 Å². The van der Waals surface area contributed by atoms with E-state index in [4.69, 9.17) is 4.42 Å². The zero-order valence-corrected chi connectivity index (χ0v) is 11.9. The molecule has 1 aromatic heterocycles. The van der Waals surface area contributed by atoms with Gasteiger partial charge < -0.3 is 14.6 Å². The molecule has 1 aliphatic rings. The van der Waals surface area contributed by atoms with Gasteiger partial charge in [-0.3, -0.25) is 0 Å². The lowest BCUT2D eigenvalue weighted by Crippen LogP contribution is -2.44. The molecule has 0 aliphatic carbocycles. The van der Waals surface area contributed by atoms with E-state index in [0.29, 0.717) is 12.1 Å². The van der Waals surface area contributed by atoms with Gasteiger partial charge in [0.1, 0.15) is 11.5 Å². The van der Waals surface area contributed by atoms with Gasteiger partial charge in [0.05, 0.1) is 6.54 Å². The first kappa shape index (κ1) is 13.6. The fourth-order valence-electron chi connectivity index (χ4n) is 2.57. The Kier molecular flexibility index (Phi) is 4.84. The molecule has 1 N–H and O–H groups in total. The molecule has 2 rings (SSSR count). The molecule has 0 unspecified atom stereocenters. The van der Waals surface area contributed by atoms with Gasteiger partial charge in [-0.2, -0.15) is 0 Å². The second-order valence-electron chi connectivity index (χ2n) is 5.51. The summed E-state index contributed by atoms with van der Waals surface area (Å²) in [4.78, 5) is 2.56. The molecule has 1 aliphatic heterocycles. The molecular weight excluding hydrogens is 224 g/mol. The molecule has 0 atom stereocenters. The normalized spacial score (nSPS) is 18.7. The number of furan rings is 1. The lowest BCUT2D eigenvalue weighted by molar-refractivity contribution is 0.160. The van der Waals surface area contributed by atoms with Crippen LogP contribution in [-0.2, 0) is 13.0 Å². The third-order valence-corrected chi connectivity index (χ3v) is 3.89. The molecule has 3 nitrogen and oxygen atoms in total. The van der Waals surface area contributed by atoms with E-state index in [1.54, 1.807) is 0 Å². The molecule has 2 heterocycles. The van der Waals surface area contributed by atoms with Crippen molar-refractivity contribution < 1.29 is 4.42 Å². The van der Waals surface area contributed by atoms with Crippen molar-refractivity contribution in [3.63, 3.8) is 0 Å². The Morgan fingerprint density at radius 2 is 1.94 bits per heavy atom. The highest BCUT2D eigenvalue weighted by Gasteiger charge is 2.20. The Morgan fingerprint density at radius 3 is 2.50 bits per heavy atom. The molecule has 0 aromatic carbocycles. The number of nitrogens with zero attached hydrogens (tertiary/aromatic N) is 1. The summed E-state index contributed by atoms with van der Waals surface area (Å²) in [5.41, 5.74) is 0. The highest BCUT2D eigenvalue weighted by atomic mass is 16.3. The SMILES string of the molecule is CCc1ccc(CNC2CCN(C(C)C)CC2)o1. The van der Waals surface area contributed by atoms with Gasteiger partial charge in [-0.05, 0) is 51.9 Å². The van der Waals surface area contributed by atoms with Crippen molar-refractivity contribution >= 4 is 0 Å². The Hall–Kier alpha value is -0.800. The summed E-state index contributed by atoms with van der Waals surface area (Å²) < 4.78 is 5.71. The summed E-state index contributed by atoms with van der Waals surface area (Å²) in [7, 11) is 0. The minimum absolute atomic E-state index is 0.648. The Balaban J connectivity index is 1.72. The summed E-state index contributed by atoms with van der Waals surface area (Å²) in [6.07, 6.45) is 3.48. The van der Waals surface area contributed by atoms with E-state index < -0.39 is 0 Å². The number of hydrogen-bond donors (Lipinski definition) is 1. The van der Waals surface area contributed by atoms with Crippen molar-refractivity contribution in [1.29, 1.82) is 0 Å². The Bertz CT molecular complexity index is 351. The topological polar surface area (TPSA) is 28.4 Å². The third-order valence-electron chi connectivity index (χ3n) is 3.89. The average molecular weight is 250 g/mol. The minimum Gasteiger partial charge on any atom is -0.465 e.